The second kappa shape index (κ2) is 5.71. The fraction of sp³-hybridized carbons (Fsp3) is 0.375. The van der Waals surface area contributed by atoms with Gasteiger partial charge in [0.25, 0.3) is 0 Å². The molecular formula is C16H19N5O. The van der Waals surface area contributed by atoms with Crippen LogP contribution in [-0.4, -0.2) is 38.7 Å². The first-order valence-corrected chi connectivity index (χ1v) is 7.41. The number of anilines is 1. The molecule has 3 heterocycles. The highest BCUT2D eigenvalue weighted by atomic mass is 16.1. The van der Waals surface area contributed by atoms with E-state index in [2.05, 4.69) is 21.6 Å². The Balaban J connectivity index is 1.99. The zero-order chi connectivity index (χ0) is 15.7. The number of Topliss-reactive ketones (excluding diaryl/α,β-unsaturated/α-hetero) is 1. The van der Waals surface area contributed by atoms with E-state index in [0.717, 1.165) is 25.2 Å². The summed E-state index contributed by atoms with van der Waals surface area (Å²) in [6.45, 7) is 6.33. The van der Waals surface area contributed by atoms with Gasteiger partial charge in [-0.1, -0.05) is 6.08 Å². The molecule has 1 atom stereocenters. The average molecular weight is 297 g/mol. The molecule has 0 aromatic carbocycles. The van der Waals surface area contributed by atoms with E-state index in [4.69, 9.17) is 5.41 Å². The lowest BCUT2D eigenvalue weighted by Gasteiger charge is -2.23. The fourth-order valence-corrected chi connectivity index (χ4v) is 2.90. The number of ketones is 1. The highest BCUT2D eigenvalue weighted by Gasteiger charge is 2.24. The molecule has 2 aromatic heterocycles. The van der Waals surface area contributed by atoms with Crippen LogP contribution in [0, 0.1) is 5.41 Å². The summed E-state index contributed by atoms with van der Waals surface area (Å²) in [7, 11) is 0. The largest absolute Gasteiger partial charge is 0.350 e. The van der Waals surface area contributed by atoms with E-state index >= 15 is 0 Å². The van der Waals surface area contributed by atoms with Crippen LogP contribution in [0.15, 0.2) is 31.1 Å². The number of nitrogens with one attached hydrogen (secondary N) is 1. The molecule has 1 aliphatic heterocycles. The van der Waals surface area contributed by atoms with Crippen molar-refractivity contribution in [2.75, 3.05) is 11.4 Å². The van der Waals surface area contributed by atoms with Gasteiger partial charge in [0.2, 0.25) is 0 Å². The molecule has 2 aromatic rings. The topological polar surface area (TPSA) is 74.3 Å². The van der Waals surface area contributed by atoms with Gasteiger partial charge < -0.3 is 10.3 Å². The summed E-state index contributed by atoms with van der Waals surface area (Å²) in [6.07, 6.45) is 7.71. The fourth-order valence-electron chi connectivity index (χ4n) is 2.90. The summed E-state index contributed by atoms with van der Waals surface area (Å²) in [4.78, 5) is 18.1. The lowest BCUT2D eigenvalue weighted by Crippen LogP contribution is -2.28. The lowest BCUT2D eigenvalue weighted by molar-refractivity contribution is -0.115. The average Bonchev–Trinajstić information content (AvgIpc) is 3.12. The maximum Gasteiger partial charge on any atom is 0.166 e. The first-order valence-electron chi connectivity index (χ1n) is 7.41. The van der Waals surface area contributed by atoms with Crippen LogP contribution in [0.25, 0.3) is 5.65 Å². The first kappa shape index (κ1) is 14.4. The Bertz CT molecular complexity index is 748. The Morgan fingerprint density at radius 2 is 2.41 bits per heavy atom. The Labute approximate surface area is 129 Å². The van der Waals surface area contributed by atoms with Gasteiger partial charge in [0.15, 0.2) is 5.65 Å². The zero-order valence-corrected chi connectivity index (χ0v) is 12.6. The molecule has 22 heavy (non-hydrogen) atoms. The molecule has 0 spiro atoms. The van der Waals surface area contributed by atoms with E-state index in [1.807, 2.05) is 18.3 Å². The third kappa shape index (κ3) is 2.52. The van der Waals surface area contributed by atoms with Crippen molar-refractivity contribution in [2.24, 2.45) is 0 Å². The number of nitrogens with zero attached hydrogens (tertiary/aromatic N) is 4. The summed E-state index contributed by atoms with van der Waals surface area (Å²) in [5.74, 6) is 0.832. The molecule has 0 amide bonds. The molecule has 3 rings (SSSR count). The first-order chi connectivity index (χ1) is 10.6. The van der Waals surface area contributed by atoms with Crippen LogP contribution in [-0.2, 0) is 4.79 Å². The van der Waals surface area contributed by atoms with Gasteiger partial charge in [0, 0.05) is 25.2 Å². The van der Waals surface area contributed by atoms with Crippen LogP contribution in [0.4, 0.5) is 5.82 Å². The minimum absolute atomic E-state index is 0.0354. The van der Waals surface area contributed by atoms with Crippen molar-refractivity contribution in [3.05, 3.63) is 36.7 Å². The molecular weight excluding hydrogens is 278 g/mol. The van der Waals surface area contributed by atoms with Gasteiger partial charge in [-0.05, 0) is 25.8 Å². The van der Waals surface area contributed by atoms with E-state index in [1.54, 1.807) is 10.7 Å². The van der Waals surface area contributed by atoms with Crippen molar-refractivity contribution in [1.29, 1.82) is 5.41 Å². The summed E-state index contributed by atoms with van der Waals surface area (Å²) in [5.41, 5.74) is 1.50. The number of carbonyl (C=O) groups excluding carboxylic acids is 1. The molecule has 0 unspecified atom stereocenters. The predicted octanol–water partition coefficient (Wildman–Crippen LogP) is 2.23. The number of hydrogen-bond acceptors (Lipinski definition) is 5. The molecule has 1 N–H and O–H groups in total. The number of carbonyl (C=O) groups is 1. The third-order valence-electron chi connectivity index (χ3n) is 3.97. The van der Waals surface area contributed by atoms with Gasteiger partial charge >= 0.3 is 0 Å². The van der Waals surface area contributed by atoms with E-state index in [1.165, 1.54) is 6.92 Å². The molecule has 6 nitrogen and oxygen atoms in total. The lowest BCUT2D eigenvalue weighted by atomic mass is 10.1. The van der Waals surface area contributed by atoms with Crippen molar-refractivity contribution in [1.82, 2.24) is 14.6 Å². The standard InChI is InChI=1S/C16H19N5O/c1-3-12-5-4-7-20(12)15-6-8-21-16(19-15)13(10-18-21)14(17)9-11(2)22/h3,6,8,10,12,17H,1,4-5,7,9H2,2H3/t12-/m0/s1. The van der Waals surface area contributed by atoms with Gasteiger partial charge in [-0.2, -0.15) is 5.10 Å². The van der Waals surface area contributed by atoms with Crippen molar-refractivity contribution in [2.45, 2.75) is 32.2 Å². The predicted molar refractivity (Wildman–Crippen MR) is 85.7 cm³/mol. The van der Waals surface area contributed by atoms with Crippen LogP contribution >= 0.6 is 0 Å². The maximum atomic E-state index is 11.2. The Kier molecular flexibility index (Phi) is 3.75. The van der Waals surface area contributed by atoms with Crippen molar-refractivity contribution >= 4 is 23.0 Å². The Hall–Kier alpha value is -2.50. The minimum Gasteiger partial charge on any atom is -0.350 e. The van der Waals surface area contributed by atoms with Gasteiger partial charge in [-0.3, -0.25) is 4.79 Å². The molecule has 0 bridgehead atoms. The van der Waals surface area contributed by atoms with Crippen LogP contribution in [0.1, 0.15) is 31.7 Å². The number of fused-ring (bicyclic) bond motifs is 1. The number of aromatic nitrogens is 3. The molecule has 0 aliphatic carbocycles. The highest BCUT2D eigenvalue weighted by Crippen LogP contribution is 2.25. The van der Waals surface area contributed by atoms with Crippen LogP contribution in [0.5, 0.6) is 0 Å². The van der Waals surface area contributed by atoms with E-state index < -0.39 is 0 Å². The molecule has 1 aliphatic rings. The van der Waals surface area contributed by atoms with Crippen molar-refractivity contribution in [3.8, 4) is 0 Å². The third-order valence-corrected chi connectivity index (χ3v) is 3.97. The van der Waals surface area contributed by atoms with Crippen LogP contribution < -0.4 is 4.90 Å². The second-order valence-electron chi connectivity index (χ2n) is 5.61. The minimum atomic E-state index is -0.0354. The quantitative estimate of drug-likeness (QED) is 0.678. The molecule has 6 heteroatoms. The molecule has 1 fully saturated rings. The van der Waals surface area contributed by atoms with Gasteiger partial charge in [-0.25, -0.2) is 9.50 Å². The number of hydrogen-bond donors (Lipinski definition) is 1. The van der Waals surface area contributed by atoms with Gasteiger partial charge in [0.1, 0.15) is 11.6 Å². The summed E-state index contributed by atoms with van der Waals surface area (Å²) in [6, 6.07) is 2.23. The summed E-state index contributed by atoms with van der Waals surface area (Å²) in [5, 5.41) is 12.3. The molecule has 1 saturated heterocycles. The summed E-state index contributed by atoms with van der Waals surface area (Å²) < 4.78 is 1.65. The van der Waals surface area contributed by atoms with E-state index in [9.17, 15) is 4.79 Å². The molecule has 0 radical (unpaired) electrons. The van der Waals surface area contributed by atoms with Gasteiger partial charge in [-0.15, -0.1) is 6.58 Å². The van der Waals surface area contributed by atoms with Gasteiger partial charge in [0.05, 0.1) is 17.5 Å². The number of rotatable bonds is 5. The van der Waals surface area contributed by atoms with E-state index in [0.29, 0.717) is 17.3 Å². The summed E-state index contributed by atoms with van der Waals surface area (Å²) >= 11 is 0. The van der Waals surface area contributed by atoms with Crippen molar-refractivity contribution < 1.29 is 4.79 Å². The Morgan fingerprint density at radius 3 is 3.14 bits per heavy atom. The van der Waals surface area contributed by atoms with E-state index in [-0.39, 0.29) is 17.9 Å². The normalized spacial score (nSPS) is 17.9. The van der Waals surface area contributed by atoms with Crippen LogP contribution in [0.2, 0.25) is 0 Å². The monoisotopic (exact) mass is 297 g/mol. The molecule has 0 saturated carbocycles. The SMILES string of the molecule is C=C[C@H]1CCCN1c1ccn2ncc(C(=N)CC(C)=O)c2n1. The highest BCUT2D eigenvalue weighted by molar-refractivity contribution is 6.11. The Morgan fingerprint density at radius 1 is 1.59 bits per heavy atom. The van der Waals surface area contributed by atoms with Crippen LogP contribution in [0.3, 0.4) is 0 Å². The van der Waals surface area contributed by atoms with Crippen molar-refractivity contribution in [3.63, 3.8) is 0 Å². The molecule has 114 valence electrons. The zero-order valence-electron chi connectivity index (χ0n) is 12.6. The second-order valence-corrected chi connectivity index (χ2v) is 5.61. The maximum absolute atomic E-state index is 11.2. The smallest absolute Gasteiger partial charge is 0.166 e.